The Morgan fingerprint density at radius 2 is 2.38 bits per heavy atom. The van der Waals surface area contributed by atoms with Crippen LogP contribution in [0.1, 0.15) is 25.6 Å². The molecule has 5 heteroatoms. The molecule has 0 atom stereocenters. The van der Waals surface area contributed by atoms with Crippen molar-refractivity contribution in [1.29, 1.82) is 0 Å². The van der Waals surface area contributed by atoms with Crippen LogP contribution in [0.5, 0.6) is 0 Å². The number of anilines is 1. The van der Waals surface area contributed by atoms with Gasteiger partial charge in [0.15, 0.2) is 5.96 Å². The summed E-state index contributed by atoms with van der Waals surface area (Å²) < 4.78 is 2.05. The molecule has 3 N–H and O–H groups in total. The van der Waals surface area contributed by atoms with Crippen LogP contribution in [0.4, 0.5) is 5.82 Å². The van der Waals surface area contributed by atoms with Gasteiger partial charge in [-0.3, -0.25) is 0 Å². The molecule has 5 nitrogen and oxygen atoms in total. The van der Waals surface area contributed by atoms with Crippen molar-refractivity contribution in [2.75, 3.05) is 5.32 Å². The second kappa shape index (κ2) is 2.76. The molecule has 0 saturated carbocycles. The molecule has 0 radical (unpaired) electrons. The van der Waals surface area contributed by atoms with Gasteiger partial charge in [0.25, 0.3) is 0 Å². The largest absolute Gasteiger partial charge is 0.370 e. The van der Waals surface area contributed by atoms with E-state index in [1.54, 1.807) is 0 Å². The molecular formula is C8H13N5. The van der Waals surface area contributed by atoms with Gasteiger partial charge >= 0.3 is 0 Å². The fourth-order valence-electron chi connectivity index (χ4n) is 1.36. The summed E-state index contributed by atoms with van der Waals surface area (Å²) in [6.45, 7) is 4.78. The number of hydrogen-bond donors (Lipinski definition) is 2. The summed E-state index contributed by atoms with van der Waals surface area (Å²) in [4.78, 5) is 8.30. The fourth-order valence-corrected chi connectivity index (χ4v) is 1.36. The molecule has 2 heterocycles. The number of aliphatic imine (C=N–C) groups is 1. The van der Waals surface area contributed by atoms with E-state index in [9.17, 15) is 0 Å². The minimum atomic E-state index is 0.384. The van der Waals surface area contributed by atoms with Gasteiger partial charge in [-0.25, -0.2) is 9.98 Å². The standard InChI is InChI=1S/C8H13N5/c1-5(2)13-4-11-6-3-10-8(9)12-7(6)13/h4-5H,3H2,1-2H3,(H3,9,10,12). The summed E-state index contributed by atoms with van der Waals surface area (Å²) in [5, 5.41) is 3.02. The number of rotatable bonds is 1. The summed E-state index contributed by atoms with van der Waals surface area (Å²) in [5.41, 5.74) is 6.54. The lowest BCUT2D eigenvalue weighted by molar-refractivity contribution is 0.606. The van der Waals surface area contributed by atoms with Gasteiger partial charge in [-0.2, -0.15) is 0 Å². The minimum Gasteiger partial charge on any atom is -0.370 e. The number of aromatic nitrogens is 2. The van der Waals surface area contributed by atoms with Crippen molar-refractivity contribution in [3.8, 4) is 0 Å². The number of nitrogens with zero attached hydrogens (tertiary/aromatic N) is 3. The van der Waals surface area contributed by atoms with Gasteiger partial charge in [0.05, 0.1) is 12.9 Å². The van der Waals surface area contributed by atoms with Crippen LogP contribution in [0, 0.1) is 0 Å². The SMILES string of the molecule is CC(C)n1cnc2c1NC(N)=NC2. The van der Waals surface area contributed by atoms with Crippen LogP contribution < -0.4 is 11.1 Å². The van der Waals surface area contributed by atoms with E-state index in [1.165, 1.54) is 0 Å². The normalized spacial score (nSPS) is 15.2. The Labute approximate surface area is 76.7 Å². The van der Waals surface area contributed by atoms with Crippen molar-refractivity contribution in [3.05, 3.63) is 12.0 Å². The number of guanidine groups is 1. The van der Waals surface area contributed by atoms with Crippen LogP contribution in [0.25, 0.3) is 0 Å². The van der Waals surface area contributed by atoms with Gasteiger partial charge < -0.3 is 15.6 Å². The second-order valence-corrected chi connectivity index (χ2v) is 3.37. The molecule has 0 saturated heterocycles. The highest BCUT2D eigenvalue weighted by Crippen LogP contribution is 2.22. The number of nitrogens with one attached hydrogen (secondary N) is 1. The molecule has 2 rings (SSSR count). The molecule has 0 aliphatic carbocycles. The lowest BCUT2D eigenvalue weighted by atomic mass is 10.3. The van der Waals surface area contributed by atoms with E-state index in [4.69, 9.17) is 5.73 Å². The average molecular weight is 179 g/mol. The molecular weight excluding hydrogens is 166 g/mol. The first-order valence-corrected chi connectivity index (χ1v) is 4.31. The maximum Gasteiger partial charge on any atom is 0.194 e. The predicted octanol–water partition coefficient (Wildman–Crippen LogP) is 0.704. The number of hydrogen-bond acceptors (Lipinski definition) is 4. The molecule has 70 valence electrons. The van der Waals surface area contributed by atoms with Gasteiger partial charge in [-0.1, -0.05) is 0 Å². The highest BCUT2D eigenvalue weighted by atomic mass is 15.2. The average Bonchev–Trinajstić information content (AvgIpc) is 2.46. The van der Waals surface area contributed by atoms with E-state index >= 15 is 0 Å². The lowest BCUT2D eigenvalue weighted by Gasteiger charge is -2.16. The third-order valence-electron chi connectivity index (χ3n) is 2.07. The predicted molar refractivity (Wildman–Crippen MR) is 51.6 cm³/mol. The third kappa shape index (κ3) is 1.26. The maximum atomic E-state index is 5.58. The van der Waals surface area contributed by atoms with Gasteiger partial charge in [0.1, 0.15) is 11.5 Å². The van der Waals surface area contributed by atoms with Crippen LogP contribution in [0.2, 0.25) is 0 Å². The molecule has 13 heavy (non-hydrogen) atoms. The van der Waals surface area contributed by atoms with E-state index in [0.717, 1.165) is 11.5 Å². The maximum absolute atomic E-state index is 5.58. The number of imidazole rings is 1. The van der Waals surface area contributed by atoms with E-state index in [0.29, 0.717) is 18.5 Å². The Kier molecular flexibility index (Phi) is 1.72. The first kappa shape index (κ1) is 8.10. The van der Waals surface area contributed by atoms with E-state index in [2.05, 4.69) is 33.7 Å². The third-order valence-corrected chi connectivity index (χ3v) is 2.07. The van der Waals surface area contributed by atoms with Crippen molar-refractivity contribution in [2.45, 2.75) is 26.4 Å². The molecule has 0 unspecified atom stereocenters. The number of nitrogens with two attached hydrogens (primary N) is 1. The molecule has 1 aromatic heterocycles. The summed E-state index contributed by atoms with van der Waals surface area (Å²) in [7, 11) is 0. The summed E-state index contributed by atoms with van der Waals surface area (Å²) in [5.74, 6) is 1.44. The van der Waals surface area contributed by atoms with Crippen LogP contribution in [0.3, 0.4) is 0 Å². The molecule has 1 aliphatic rings. The summed E-state index contributed by atoms with van der Waals surface area (Å²) in [6.07, 6.45) is 1.82. The van der Waals surface area contributed by atoms with Gasteiger partial charge in [-0.15, -0.1) is 0 Å². The van der Waals surface area contributed by atoms with Gasteiger partial charge in [0.2, 0.25) is 0 Å². The smallest absolute Gasteiger partial charge is 0.194 e. The fraction of sp³-hybridized carbons (Fsp3) is 0.500. The van der Waals surface area contributed by atoms with Crippen molar-refractivity contribution >= 4 is 11.8 Å². The molecule has 0 spiro atoms. The molecule has 1 aromatic rings. The van der Waals surface area contributed by atoms with Gasteiger partial charge in [-0.05, 0) is 13.8 Å². The van der Waals surface area contributed by atoms with E-state index in [1.807, 2.05) is 6.33 Å². The Morgan fingerprint density at radius 3 is 3.08 bits per heavy atom. The Balaban J connectivity index is 2.40. The summed E-state index contributed by atoms with van der Waals surface area (Å²) in [6, 6.07) is 0.384. The van der Waals surface area contributed by atoms with Crippen LogP contribution >= 0.6 is 0 Å². The first-order chi connectivity index (χ1) is 6.18. The minimum absolute atomic E-state index is 0.384. The zero-order chi connectivity index (χ0) is 9.42. The van der Waals surface area contributed by atoms with Gasteiger partial charge in [0, 0.05) is 6.04 Å². The van der Waals surface area contributed by atoms with E-state index < -0.39 is 0 Å². The zero-order valence-corrected chi connectivity index (χ0v) is 7.78. The molecule has 0 bridgehead atoms. The lowest BCUT2D eigenvalue weighted by Crippen LogP contribution is -2.27. The van der Waals surface area contributed by atoms with Crippen molar-refractivity contribution in [2.24, 2.45) is 10.7 Å². The quantitative estimate of drug-likeness (QED) is 0.667. The Morgan fingerprint density at radius 1 is 1.62 bits per heavy atom. The summed E-state index contributed by atoms with van der Waals surface area (Å²) >= 11 is 0. The second-order valence-electron chi connectivity index (χ2n) is 3.37. The topological polar surface area (TPSA) is 68.2 Å². The zero-order valence-electron chi connectivity index (χ0n) is 7.78. The van der Waals surface area contributed by atoms with Crippen molar-refractivity contribution in [1.82, 2.24) is 9.55 Å². The Hall–Kier alpha value is -1.52. The molecule has 0 amide bonds. The van der Waals surface area contributed by atoms with Crippen LogP contribution in [0.15, 0.2) is 11.3 Å². The monoisotopic (exact) mass is 179 g/mol. The van der Waals surface area contributed by atoms with Crippen LogP contribution in [-0.2, 0) is 6.54 Å². The number of fused-ring (bicyclic) bond motifs is 1. The molecule has 0 fully saturated rings. The van der Waals surface area contributed by atoms with Crippen molar-refractivity contribution in [3.63, 3.8) is 0 Å². The first-order valence-electron chi connectivity index (χ1n) is 4.31. The highest BCUT2D eigenvalue weighted by Gasteiger charge is 2.16. The highest BCUT2D eigenvalue weighted by molar-refractivity contribution is 5.93. The van der Waals surface area contributed by atoms with E-state index in [-0.39, 0.29) is 0 Å². The van der Waals surface area contributed by atoms with Crippen molar-refractivity contribution < 1.29 is 0 Å². The Bertz CT molecular complexity index is 349. The van der Waals surface area contributed by atoms with Crippen LogP contribution in [-0.4, -0.2) is 15.5 Å². The molecule has 0 aromatic carbocycles. The molecule has 1 aliphatic heterocycles.